The topological polar surface area (TPSA) is 35.2 Å². The van der Waals surface area contributed by atoms with Gasteiger partial charge >= 0.3 is 0 Å². The second kappa shape index (κ2) is 3.92. The van der Waals surface area contributed by atoms with E-state index in [1.54, 1.807) is 6.07 Å². The number of nitrogen functional groups attached to an aromatic ring is 1. The molecule has 0 heterocycles. The molecular formula is C10H11FINO. The van der Waals surface area contributed by atoms with Crippen LogP contribution in [0.25, 0.3) is 0 Å². The van der Waals surface area contributed by atoms with Gasteiger partial charge < -0.3 is 10.5 Å². The van der Waals surface area contributed by atoms with Gasteiger partial charge in [0.15, 0.2) is 0 Å². The summed E-state index contributed by atoms with van der Waals surface area (Å²) in [6.07, 6.45) is 3.52. The first-order valence-corrected chi connectivity index (χ1v) is 5.66. The molecule has 1 aromatic carbocycles. The van der Waals surface area contributed by atoms with E-state index in [1.165, 1.54) is 12.5 Å². The molecule has 2 nitrogen and oxygen atoms in total. The van der Waals surface area contributed by atoms with E-state index in [0.29, 0.717) is 15.0 Å². The maximum absolute atomic E-state index is 13.2. The number of ether oxygens (including phenoxy) is 1. The maximum atomic E-state index is 13.2. The highest BCUT2D eigenvalue weighted by atomic mass is 127. The Balaban J connectivity index is 2.19. The standard InChI is InChI=1S/C10H11FINO/c11-7-4-10(9(13)5-8(7)12)14-6-2-1-3-6/h4-6H,1-3,13H2. The van der Waals surface area contributed by atoms with Gasteiger partial charge in [0.2, 0.25) is 0 Å². The van der Waals surface area contributed by atoms with Crippen LogP contribution in [0.4, 0.5) is 10.1 Å². The Bertz CT molecular complexity index is 352. The Kier molecular flexibility index (Phi) is 2.80. The Hall–Kier alpha value is -0.520. The van der Waals surface area contributed by atoms with Crippen molar-refractivity contribution in [2.75, 3.05) is 5.73 Å². The van der Waals surface area contributed by atoms with Crippen LogP contribution in [-0.4, -0.2) is 6.10 Å². The van der Waals surface area contributed by atoms with Crippen molar-refractivity contribution in [3.8, 4) is 5.75 Å². The third-order valence-electron chi connectivity index (χ3n) is 2.40. The van der Waals surface area contributed by atoms with E-state index in [0.717, 1.165) is 12.8 Å². The molecular weight excluding hydrogens is 296 g/mol. The molecule has 1 aliphatic carbocycles. The van der Waals surface area contributed by atoms with Gasteiger partial charge in [0, 0.05) is 6.07 Å². The third-order valence-corrected chi connectivity index (χ3v) is 3.23. The minimum Gasteiger partial charge on any atom is -0.488 e. The van der Waals surface area contributed by atoms with Crippen molar-refractivity contribution in [2.24, 2.45) is 0 Å². The molecule has 2 rings (SSSR count). The summed E-state index contributed by atoms with van der Waals surface area (Å²) in [6.45, 7) is 0. The molecule has 2 N–H and O–H groups in total. The fourth-order valence-corrected chi connectivity index (χ4v) is 1.81. The zero-order chi connectivity index (χ0) is 10.1. The molecule has 0 aliphatic heterocycles. The first kappa shape index (κ1) is 10.0. The van der Waals surface area contributed by atoms with E-state index in [2.05, 4.69) is 0 Å². The lowest BCUT2D eigenvalue weighted by Gasteiger charge is -2.27. The molecule has 14 heavy (non-hydrogen) atoms. The van der Waals surface area contributed by atoms with Gasteiger partial charge in [-0.2, -0.15) is 0 Å². The van der Waals surface area contributed by atoms with Gasteiger partial charge in [-0.15, -0.1) is 0 Å². The summed E-state index contributed by atoms with van der Waals surface area (Å²) < 4.78 is 19.3. The minimum atomic E-state index is -0.269. The number of nitrogens with two attached hydrogens (primary N) is 1. The summed E-state index contributed by atoms with van der Waals surface area (Å²) in [4.78, 5) is 0. The van der Waals surface area contributed by atoms with E-state index in [4.69, 9.17) is 10.5 Å². The van der Waals surface area contributed by atoms with E-state index in [-0.39, 0.29) is 11.9 Å². The smallest absolute Gasteiger partial charge is 0.145 e. The van der Waals surface area contributed by atoms with Gasteiger partial charge in [0.25, 0.3) is 0 Å². The number of hydrogen-bond acceptors (Lipinski definition) is 2. The van der Waals surface area contributed by atoms with Crippen LogP contribution in [0.1, 0.15) is 19.3 Å². The molecule has 1 fully saturated rings. The highest BCUT2D eigenvalue weighted by molar-refractivity contribution is 14.1. The zero-order valence-electron chi connectivity index (χ0n) is 7.59. The van der Waals surface area contributed by atoms with Gasteiger partial charge in [0.05, 0.1) is 15.4 Å². The van der Waals surface area contributed by atoms with E-state index >= 15 is 0 Å². The first-order chi connectivity index (χ1) is 6.66. The van der Waals surface area contributed by atoms with Gasteiger partial charge in [-0.1, -0.05) is 0 Å². The molecule has 0 atom stereocenters. The summed E-state index contributed by atoms with van der Waals surface area (Å²) >= 11 is 1.91. The van der Waals surface area contributed by atoms with Crippen molar-refractivity contribution in [1.82, 2.24) is 0 Å². The van der Waals surface area contributed by atoms with Crippen LogP contribution < -0.4 is 10.5 Å². The largest absolute Gasteiger partial charge is 0.488 e. The number of rotatable bonds is 2. The number of hydrogen-bond donors (Lipinski definition) is 1. The number of anilines is 1. The molecule has 0 unspecified atom stereocenters. The van der Waals surface area contributed by atoms with E-state index in [9.17, 15) is 4.39 Å². The third kappa shape index (κ3) is 1.94. The fraction of sp³-hybridized carbons (Fsp3) is 0.400. The molecule has 0 spiro atoms. The lowest BCUT2D eigenvalue weighted by Crippen LogP contribution is -2.25. The SMILES string of the molecule is Nc1cc(I)c(F)cc1OC1CCC1. The predicted octanol–water partition coefficient (Wildman–Crippen LogP) is 2.94. The second-order valence-electron chi connectivity index (χ2n) is 3.47. The summed E-state index contributed by atoms with van der Waals surface area (Å²) in [5.74, 6) is 0.210. The summed E-state index contributed by atoms with van der Waals surface area (Å²) in [5.41, 5.74) is 6.24. The minimum absolute atomic E-state index is 0.233. The van der Waals surface area contributed by atoms with Crippen LogP contribution in [0.15, 0.2) is 12.1 Å². The van der Waals surface area contributed by atoms with Crippen molar-refractivity contribution in [3.05, 3.63) is 21.5 Å². The average molecular weight is 307 g/mol. The van der Waals surface area contributed by atoms with Crippen LogP contribution in [0.2, 0.25) is 0 Å². The van der Waals surface area contributed by atoms with Crippen LogP contribution in [0.3, 0.4) is 0 Å². The molecule has 0 radical (unpaired) electrons. The predicted molar refractivity (Wildman–Crippen MR) is 61.8 cm³/mol. The Morgan fingerprint density at radius 1 is 1.43 bits per heavy atom. The highest BCUT2D eigenvalue weighted by Gasteiger charge is 2.20. The molecule has 0 amide bonds. The summed E-state index contributed by atoms with van der Waals surface area (Å²) in [5, 5.41) is 0. The Labute approximate surface area is 95.8 Å². The van der Waals surface area contributed by atoms with Gasteiger partial charge in [-0.05, 0) is 47.9 Å². The van der Waals surface area contributed by atoms with E-state index < -0.39 is 0 Å². The number of halogens is 2. The molecule has 0 aromatic heterocycles. The zero-order valence-corrected chi connectivity index (χ0v) is 9.75. The molecule has 1 aromatic rings. The van der Waals surface area contributed by atoms with Crippen LogP contribution in [0, 0.1) is 9.39 Å². The molecule has 4 heteroatoms. The second-order valence-corrected chi connectivity index (χ2v) is 4.64. The average Bonchev–Trinajstić information content (AvgIpc) is 2.06. The van der Waals surface area contributed by atoms with Crippen molar-refractivity contribution >= 4 is 28.3 Å². The monoisotopic (exact) mass is 307 g/mol. The summed E-state index contributed by atoms with van der Waals surface area (Å²) in [7, 11) is 0. The van der Waals surface area contributed by atoms with Crippen LogP contribution in [-0.2, 0) is 0 Å². The summed E-state index contributed by atoms with van der Waals surface area (Å²) in [6, 6.07) is 2.97. The highest BCUT2D eigenvalue weighted by Crippen LogP contribution is 2.31. The Morgan fingerprint density at radius 3 is 2.71 bits per heavy atom. The van der Waals surface area contributed by atoms with Crippen molar-refractivity contribution in [1.29, 1.82) is 0 Å². The van der Waals surface area contributed by atoms with Crippen molar-refractivity contribution in [3.63, 3.8) is 0 Å². The molecule has 76 valence electrons. The van der Waals surface area contributed by atoms with Crippen molar-refractivity contribution in [2.45, 2.75) is 25.4 Å². The lowest BCUT2D eigenvalue weighted by molar-refractivity contribution is 0.121. The van der Waals surface area contributed by atoms with Gasteiger partial charge in [-0.3, -0.25) is 0 Å². The first-order valence-electron chi connectivity index (χ1n) is 4.58. The quantitative estimate of drug-likeness (QED) is 0.673. The molecule has 1 aliphatic rings. The maximum Gasteiger partial charge on any atom is 0.145 e. The fourth-order valence-electron chi connectivity index (χ4n) is 1.31. The Morgan fingerprint density at radius 2 is 2.14 bits per heavy atom. The normalized spacial score (nSPS) is 16.4. The molecule has 1 saturated carbocycles. The lowest BCUT2D eigenvalue weighted by atomic mass is 9.96. The van der Waals surface area contributed by atoms with Gasteiger partial charge in [0.1, 0.15) is 11.6 Å². The molecule has 0 saturated heterocycles. The van der Waals surface area contributed by atoms with Gasteiger partial charge in [-0.25, -0.2) is 4.39 Å². The molecule has 0 bridgehead atoms. The van der Waals surface area contributed by atoms with Crippen molar-refractivity contribution < 1.29 is 9.13 Å². The van der Waals surface area contributed by atoms with Crippen LogP contribution in [0.5, 0.6) is 5.75 Å². The van der Waals surface area contributed by atoms with Crippen LogP contribution >= 0.6 is 22.6 Å². The number of benzene rings is 1. The van der Waals surface area contributed by atoms with E-state index in [1.807, 2.05) is 22.6 Å².